The summed E-state index contributed by atoms with van der Waals surface area (Å²) in [7, 11) is 1.71. The second-order valence-electron chi connectivity index (χ2n) is 20.1. The fraction of sp³-hybridized carbons (Fsp3) is 0.685. The summed E-state index contributed by atoms with van der Waals surface area (Å²) in [5.74, 6) is 0.637. The maximum absolute atomic E-state index is 11.2. The Morgan fingerprint density at radius 2 is 1.01 bits per heavy atom. The minimum absolute atomic E-state index is 0. The van der Waals surface area contributed by atoms with Gasteiger partial charge in [-0.15, -0.1) is 0 Å². The van der Waals surface area contributed by atoms with Gasteiger partial charge in [-0.05, 0) is 77.0 Å². The molecule has 2 atom stereocenters. The molecule has 13 heteroatoms. The molecule has 2 aliphatic rings. The van der Waals surface area contributed by atoms with Gasteiger partial charge in [-0.3, -0.25) is 9.98 Å². The van der Waals surface area contributed by atoms with Gasteiger partial charge in [0.25, 0.3) is 0 Å². The molecule has 1 aliphatic heterocycles. The van der Waals surface area contributed by atoms with Gasteiger partial charge in [0.05, 0.1) is 38.5 Å². The van der Waals surface area contributed by atoms with Crippen molar-refractivity contribution in [3.8, 4) is 11.5 Å². The molecule has 1 heterocycles. The van der Waals surface area contributed by atoms with E-state index in [-0.39, 0.29) is 78.1 Å². The molecule has 389 valence electrons. The van der Waals surface area contributed by atoms with Crippen LogP contribution in [0.2, 0.25) is 0 Å². The van der Waals surface area contributed by atoms with Gasteiger partial charge in [0.2, 0.25) is 0 Å². The van der Waals surface area contributed by atoms with Crippen LogP contribution in [0.3, 0.4) is 0 Å². The number of epoxide rings is 1. The molecule has 2 fully saturated rings. The van der Waals surface area contributed by atoms with E-state index in [0.29, 0.717) is 31.3 Å². The molecule has 12 nitrogen and oxygen atoms in total. The number of carbonyl (C=O) groups excluding carboxylic acids is 3. The number of hydrogen-bond donors (Lipinski definition) is 2. The molecule has 0 bridgehead atoms. The first-order chi connectivity index (χ1) is 29.8. The molecule has 0 spiro atoms. The first kappa shape index (κ1) is 70.0. The van der Waals surface area contributed by atoms with E-state index in [9.17, 15) is 15.0 Å². The number of phenols is 2. The van der Waals surface area contributed by atoms with Gasteiger partial charge in [0.1, 0.15) is 18.1 Å². The summed E-state index contributed by atoms with van der Waals surface area (Å²) in [6.07, 6.45) is 10.4. The molecule has 1 saturated carbocycles. The first-order valence-corrected chi connectivity index (χ1v) is 23.1. The molecule has 2 aromatic carbocycles. The van der Waals surface area contributed by atoms with Crippen LogP contribution in [0.4, 0.5) is 4.79 Å². The fourth-order valence-electron chi connectivity index (χ4n) is 6.17. The molecule has 0 aromatic heterocycles. The number of hydrogen-bond acceptors (Lipinski definition) is 12. The van der Waals surface area contributed by atoms with Crippen LogP contribution in [-0.4, -0.2) is 100 Å². The van der Waals surface area contributed by atoms with Gasteiger partial charge in [0.15, 0.2) is 0 Å². The van der Waals surface area contributed by atoms with E-state index in [4.69, 9.17) is 33.8 Å². The molecule has 0 amide bonds. The van der Waals surface area contributed by atoms with E-state index in [0.717, 1.165) is 87.0 Å². The maximum atomic E-state index is 11.2. The number of carbonyl (C=O) groups is 1. The van der Waals surface area contributed by atoms with E-state index >= 15 is 0 Å². The molecular weight excluding hydrogens is 896 g/mol. The van der Waals surface area contributed by atoms with Gasteiger partial charge in [-0.1, -0.05) is 136 Å². The standard InChI is InChI=1S/C36H54N2O2.C9H18O4.C4H10O.C2H4O.CO2.CH4.CH3.Co/c1-33(2,3)25-17-23(31(39)27(19-25)35(7,8)9)21-37-29-15-13-14-16-30(29)38-22-24-18-26(34(4,5)6)20-28(32(24)40)36(10,11)12;1-3-5-11-7-8-13-9(10)12-6-4-2;1-3-4-5-2;1-2-3-1;2-1-3;;;/h17-22,29-30,39-40H,13-16H2,1-12H3;3-8H2,1-2H3;3-4H2,1-2H3;1-2H2;;1H4;1H3;/q;;;;;;-1;. The Hall–Kier alpha value is -3.58. The van der Waals surface area contributed by atoms with Gasteiger partial charge >= 0.3 is 12.3 Å². The molecule has 1 saturated heterocycles. The smallest absolute Gasteiger partial charge is 0.507 e. The van der Waals surface area contributed by atoms with E-state index in [1.54, 1.807) is 7.11 Å². The number of nitrogens with zero attached hydrogens (tertiary/aromatic N) is 2. The second kappa shape index (κ2) is 35.5. The van der Waals surface area contributed by atoms with Crippen molar-refractivity contribution in [1.29, 1.82) is 0 Å². The molecule has 67 heavy (non-hydrogen) atoms. The molecule has 2 aromatic rings. The topological polar surface area (TPSA) is 166 Å². The largest absolute Gasteiger partial charge is 0.508 e. The Balaban J connectivity index is -0.000000605. The van der Waals surface area contributed by atoms with E-state index < -0.39 is 6.16 Å². The van der Waals surface area contributed by atoms with Gasteiger partial charge in [0, 0.05) is 71.8 Å². The summed E-state index contributed by atoms with van der Waals surface area (Å²) in [5, 5.41) is 22.5. The number of phenolic OH excluding ortho intramolecular Hbond substituents is 2. The molecule has 1 radical (unpaired) electrons. The third-order valence-electron chi connectivity index (χ3n) is 9.96. The number of ether oxygens (including phenoxy) is 5. The molecule has 2 N–H and O–H groups in total. The van der Waals surface area contributed by atoms with Crippen molar-refractivity contribution in [3.63, 3.8) is 0 Å². The van der Waals surface area contributed by atoms with Crippen molar-refractivity contribution in [3.05, 3.63) is 65.1 Å². The van der Waals surface area contributed by atoms with Crippen LogP contribution >= 0.6 is 0 Å². The minimum Gasteiger partial charge on any atom is -0.507 e. The van der Waals surface area contributed by atoms with Crippen LogP contribution in [0, 0.1) is 7.43 Å². The normalized spacial score (nSPS) is 15.4. The number of aliphatic imine (C=N–C) groups is 2. The van der Waals surface area contributed by atoms with Gasteiger partial charge < -0.3 is 41.3 Å². The third-order valence-corrected chi connectivity index (χ3v) is 9.96. The Bertz CT molecular complexity index is 1620. The second-order valence-corrected chi connectivity index (χ2v) is 20.1. The van der Waals surface area contributed by atoms with Gasteiger partial charge in [-0.25, -0.2) is 4.79 Å². The fourth-order valence-corrected chi connectivity index (χ4v) is 6.17. The van der Waals surface area contributed by atoms with Crippen LogP contribution < -0.4 is 0 Å². The summed E-state index contributed by atoms with van der Waals surface area (Å²) in [4.78, 5) is 37.0. The Kier molecular flexibility index (Phi) is 37.1. The van der Waals surface area contributed by atoms with Crippen LogP contribution in [-0.2, 0) is 71.7 Å². The third kappa shape index (κ3) is 29.8. The zero-order valence-corrected chi connectivity index (χ0v) is 44.9. The van der Waals surface area contributed by atoms with Crippen molar-refractivity contribution < 1.29 is 65.1 Å². The molecule has 2 unspecified atom stereocenters. The van der Waals surface area contributed by atoms with E-state index in [1.165, 1.54) is 11.1 Å². The van der Waals surface area contributed by atoms with Crippen LogP contribution in [0.1, 0.15) is 190 Å². The average Bonchev–Trinajstić information content (AvgIpc) is 4.09. The maximum Gasteiger partial charge on any atom is 0.508 e. The van der Waals surface area contributed by atoms with Gasteiger partial charge in [-0.2, -0.15) is 9.59 Å². The van der Waals surface area contributed by atoms with Crippen LogP contribution in [0.5, 0.6) is 11.5 Å². The summed E-state index contributed by atoms with van der Waals surface area (Å²) in [6, 6.07) is 8.53. The van der Waals surface area contributed by atoms with Crippen molar-refractivity contribution in [2.45, 2.75) is 190 Å². The molecule has 1 aliphatic carbocycles. The average molecular weight is 989 g/mol. The Labute approximate surface area is 418 Å². The zero-order valence-electron chi connectivity index (χ0n) is 43.9. The van der Waals surface area contributed by atoms with Crippen LogP contribution in [0.15, 0.2) is 34.3 Å². The zero-order chi connectivity index (χ0) is 49.1. The van der Waals surface area contributed by atoms with Crippen molar-refractivity contribution in [1.82, 2.24) is 0 Å². The van der Waals surface area contributed by atoms with E-state index in [2.05, 4.69) is 124 Å². The molecule has 4 rings (SSSR count). The SMILES string of the molecule is C.C1CO1.CC(C)(C)c1cc(C=NC2CCCCC2N=Cc2cc(C(C)(C)C)cc(C(C)(C)C)c2O)c(O)c(C(C)(C)C)c1.CCCOC.CCCOCCOC(=O)OCCC.O=C=O.[CH3-].[Co]. The predicted molar refractivity (Wildman–Crippen MR) is 272 cm³/mol. The quantitative estimate of drug-likeness (QED) is 0.0648. The first-order valence-electron chi connectivity index (χ1n) is 23.1. The minimum atomic E-state index is -0.609. The number of methoxy groups -OCH3 is 1. The number of rotatable bonds is 13. The summed E-state index contributed by atoms with van der Waals surface area (Å²) < 4.78 is 23.7. The molecular formula is C54H93CoN2O10-. The summed E-state index contributed by atoms with van der Waals surface area (Å²) in [5.41, 5.74) is 5.39. The number of benzene rings is 2. The number of aromatic hydroxyl groups is 2. The van der Waals surface area contributed by atoms with Crippen molar-refractivity contribution >= 4 is 24.7 Å². The monoisotopic (exact) mass is 989 g/mol. The Morgan fingerprint density at radius 1 is 0.657 bits per heavy atom. The van der Waals surface area contributed by atoms with Crippen molar-refractivity contribution in [2.75, 3.05) is 53.4 Å². The predicted octanol–water partition coefficient (Wildman–Crippen LogP) is 12.7. The Morgan fingerprint density at radius 3 is 1.30 bits per heavy atom. The van der Waals surface area contributed by atoms with E-state index in [1.807, 2.05) is 26.3 Å². The summed E-state index contributed by atoms with van der Waals surface area (Å²) >= 11 is 0. The van der Waals surface area contributed by atoms with Crippen LogP contribution in [0.25, 0.3) is 0 Å². The summed E-state index contributed by atoms with van der Waals surface area (Å²) in [6.45, 7) is 36.8. The van der Waals surface area contributed by atoms with Crippen molar-refractivity contribution in [2.24, 2.45) is 9.98 Å².